The molecule has 8 heteroatoms. The van der Waals surface area contributed by atoms with Gasteiger partial charge in [-0.2, -0.15) is 0 Å². The minimum Gasteiger partial charge on any atom is -0.325 e. The van der Waals surface area contributed by atoms with Crippen LogP contribution in [0, 0.1) is 0 Å². The smallest absolute Gasteiger partial charge is 0.261 e. The predicted octanol–water partition coefficient (Wildman–Crippen LogP) is 5.39. The fourth-order valence-electron chi connectivity index (χ4n) is 4.72. The Bertz CT molecular complexity index is 1800. The molecule has 6 rings (SSSR count). The number of nitrogens with zero attached hydrogens (tertiary/aromatic N) is 1. The van der Waals surface area contributed by atoms with Crippen LogP contribution in [-0.2, 0) is 14.8 Å². The van der Waals surface area contributed by atoms with Crippen LogP contribution >= 0.6 is 0 Å². The number of benzene rings is 5. The van der Waals surface area contributed by atoms with E-state index in [1.54, 1.807) is 18.2 Å². The Morgan fingerprint density at radius 1 is 0.757 bits per heavy atom. The molecule has 0 atom stereocenters. The first kappa shape index (κ1) is 22.8. The van der Waals surface area contributed by atoms with Gasteiger partial charge >= 0.3 is 0 Å². The second-order valence-electron chi connectivity index (χ2n) is 8.78. The maximum Gasteiger partial charge on any atom is 0.261 e. The van der Waals surface area contributed by atoms with Gasteiger partial charge in [-0.1, -0.05) is 60.7 Å². The van der Waals surface area contributed by atoms with Gasteiger partial charge in [-0.25, -0.2) is 8.42 Å². The SMILES string of the molecule is O=C(CN1C(=O)c2cccc3cccc1c23)Nc1ccc(S(=O)(=O)Nc2cccc3ccccc23)cc1. The molecule has 0 radical (unpaired) electrons. The van der Waals surface area contributed by atoms with Crippen LogP contribution in [-0.4, -0.2) is 26.8 Å². The first-order valence-electron chi connectivity index (χ1n) is 11.6. The normalized spacial score (nSPS) is 12.8. The van der Waals surface area contributed by atoms with Crippen LogP contribution < -0.4 is 14.9 Å². The summed E-state index contributed by atoms with van der Waals surface area (Å²) in [6.45, 7) is -0.157. The molecule has 1 aliphatic heterocycles. The Hall–Kier alpha value is -4.69. The third-order valence-electron chi connectivity index (χ3n) is 6.43. The molecule has 0 fully saturated rings. The summed E-state index contributed by atoms with van der Waals surface area (Å²) in [7, 11) is -3.84. The van der Waals surface area contributed by atoms with Crippen LogP contribution in [0.2, 0.25) is 0 Å². The van der Waals surface area contributed by atoms with Gasteiger partial charge in [0.2, 0.25) is 5.91 Å². The summed E-state index contributed by atoms with van der Waals surface area (Å²) in [6.07, 6.45) is 0. The highest BCUT2D eigenvalue weighted by Gasteiger charge is 2.30. The fourth-order valence-corrected chi connectivity index (χ4v) is 5.80. The van der Waals surface area contributed by atoms with Gasteiger partial charge in [0.25, 0.3) is 15.9 Å². The van der Waals surface area contributed by atoms with Crippen molar-refractivity contribution in [2.24, 2.45) is 0 Å². The Morgan fingerprint density at radius 2 is 1.43 bits per heavy atom. The number of anilines is 3. The number of hydrogen-bond acceptors (Lipinski definition) is 4. The number of hydrogen-bond donors (Lipinski definition) is 2. The topological polar surface area (TPSA) is 95.6 Å². The lowest BCUT2D eigenvalue weighted by atomic mass is 10.1. The molecule has 37 heavy (non-hydrogen) atoms. The molecule has 0 unspecified atom stereocenters. The Balaban J connectivity index is 1.17. The molecule has 0 aliphatic carbocycles. The van der Waals surface area contributed by atoms with Gasteiger partial charge in [0.15, 0.2) is 0 Å². The average Bonchev–Trinajstić information content (AvgIpc) is 3.17. The van der Waals surface area contributed by atoms with Crippen molar-refractivity contribution in [3.05, 3.63) is 109 Å². The number of fused-ring (bicyclic) bond motifs is 1. The van der Waals surface area contributed by atoms with Gasteiger partial charge in [-0.15, -0.1) is 0 Å². The Morgan fingerprint density at radius 3 is 2.24 bits per heavy atom. The summed E-state index contributed by atoms with van der Waals surface area (Å²) >= 11 is 0. The van der Waals surface area contributed by atoms with Gasteiger partial charge in [-0.3, -0.25) is 19.2 Å². The number of nitrogens with one attached hydrogen (secondary N) is 2. The first-order valence-corrected chi connectivity index (χ1v) is 13.1. The van der Waals surface area contributed by atoms with Crippen molar-refractivity contribution < 1.29 is 18.0 Å². The molecular weight excluding hydrogens is 486 g/mol. The zero-order valence-electron chi connectivity index (χ0n) is 19.5. The molecule has 1 aliphatic rings. The third kappa shape index (κ3) is 4.07. The lowest BCUT2D eigenvalue weighted by molar-refractivity contribution is -0.114. The van der Waals surface area contributed by atoms with Crippen molar-refractivity contribution >= 4 is 60.4 Å². The number of carbonyl (C=O) groups excluding carboxylic acids is 2. The van der Waals surface area contributed by atoms with E-state index in [1.165, 1.54) is 29.2 Å². The maximum absolute atomic E-state index is 13.0. The summed E-state index contributed by atoms with van der Waals surface area (Å²) in [5.74, 6) is -0.606. The molecule has 0 aromatic heterocycles. The van der Waals surface area contributed by atoms with E-state index in [1.807, 2.05) is 60.7 Å². The van der Waals surface area contributed by atoms with Crippen molar-refractivity contribution in [3.63, 3.8) is 0 Å². The molecule has 0 bridgehead atoms. The van der Waals surface area contributed by atoms with Crippen LogP contribution in [0.15, 0.2) is 108 Å². The summed E-state index contributed by atoms with van der Waals surface area (Å²) in [4.78, 5) is 27.2. The van der Waals surface area contributed by atoms with Crippen LogP contribution in [0.4, 0.5) is 17.1 Å². The van der Waals surface area contributed by atoms with E-state index in [-0.39, 0.29) is 23.3 Å². The van der Waals surface area contributed by atoms with E-state index in [0.29, 0.717) is 22.6 Å². The highest BCUT2D eigenvalue weighted by Crippen LogP contribution is 2.37. The summed E-state index contributed by atoms with van der Waals surface area (Å²) in [6, 6.07) is 30.0. The van der Waals surface area contributed by atoms with Crippen molar-refractivity contribution in [1.82, 2.24) is 0 Å². The van der Waals surface area contributed by atoms with Crippen LogP contribution in [0.1, 0.15) is 10.4 Å². The summed E-state index contributed by atoms with van der Waals surface area (Å²) in [5.41, 5.74) is 2.20. The number of sulfonamides is 1. The molecule has 0 saturated carbocycles. The van der Waals surface area contributed by atoms with Gasteiger partial charge < -0.3 is 5.32 Å². The standard InChI is InChI=1S/C29H21N3O4S/c33-27(18-32-26-13-5-9-20-8-3-11-24(28(20)26)29(32)34)30-21-14-16-22(17-15-21)37(35,36)31-25-12-4-7-19-6-1-2-10-23(19)25/h1-17,31H,18H2,(H,30,33). The molecule has 0 saturated heterocycles. The van der Waals surface area contributed by atoms with Crippen molar-refractivity contribution in [3.8, 4) is 0 Å². The average molecular weight is 508 g/mol. The van der Waals surface area contributed by atoms with Crippen molar-refractivity contribution in [2.75, 3.05) is 21.5 Å². The van der Waals surface area contributed by atoms with E-state index in [0.717, 1.165) is 21.5 Å². The van der Waals surface area contributed by atoms with E-state index < -0.39 is 10.0 Å². The zero-order valence-corrected chi connectivity index (χ0v) is 20.3. The maximum atomic E-state index is 13.0. The largest absolute Gasteiger partial charge is 0.325 e. The predicted molar refractivity (Wildman–Crippen MR) is 145 cm³/mol. The molecule has 5 aromatic carbocycles. The highest BCUT2D eigenvalue weighted by atomic mass is 32.2. The van der Waals surface area contributed by atoms with Gasteiger partial charge in [-0.05, 0) is 53.2 Å². The number of amides is 2. The van der Waals surface area contributed by atoms with Crippen LogP contribution in [0.25, 0.3) is 21.5 Å². The summed E-state index contributed by atoms with van der Waals surface area (Å²) < 4.78 is 28.7. The van der Waals surface area contributed by atoms with Gasteiger partial charge in [0.05, 0.1) is 16.3 Å². The minimum atomic E-state index is -3.84. The molecule has 0 spiro atoms. The Labute approximate surface area is 213 Å². The summed E-state index contributed by atoms with van der Waals surface area (Å²) in [5, 5.41) is 6.27. The minimum absolute atomic E-state index is 0.0651. The number of rotatable bonds is 6. The molecule has 7 nitrogen and oxygen atoms in total. The zero-order chi connectivity index (χ0) is 25.6. The lowest BCUT2D eigenvalue weighted by Crippen LogP contribution is -2.35. The first-order chi connectivity index (χ1) is 17.9. The van der Waals surface area contributed by atoms with Crippen molar-refractivity contribution in [2.45, 2.75) is 4.90 Å². The van der Waals surface area contributed by atoms with Crippen LogP contribution in [0.5, 0.6) is 0 Å². The van der Waals surface area contributed by atoms with E-state index in [4.69, 9.17) is 0 Å². The van der Waals surface area contributed by atoms with Crippen LogP contribution in [0.3, 0.4) is 0 Å². The van der Waals surface area contributed by atoms with E-state index in [9.17, 15) is 18.0 Å². The van der Waals surface area contributed by atoms with E-state index >= 15 is 0 Å². The monoisotopic (exact) mass is 507 g/mol. The molecule has 2 N–H and O–H groups in total. The highest BCUT2D eigenvalue weighted by molar-refractivity contribution is 7.92. The van der Waals surface area contributed by atoms with Crippen molar-refractivity contribution in [1.29, 1.82) is 0 Å². The van der Waals surface area contributed by atoms with E-state index in [2.05, 4.69) is 10.0 Å². The lowest BCUT2D eigenvalue weighted by Gasteiger charge is -2.17. The quantitative estimate of drug-likeness (QED) is 0.322. The second-order valence-corrected chi connectivity index (χ2v) is 10.5. The molecule has 1 heterocycles. The second kappa shape index (κ2) is 8.76. The fraction of sp³-hybridized carbons (Fsp3) is 0.0345. The Kier molecular flexibility index (Phi) is 5.39. The number of carbonyl (C=O) groups is 2. The molecular formula is C29H21N3O4S. The molecule has 182 valence electrons. The van der Waals surface area contributed by atoms with Gasteiger partial charge in [0.1, 0.15) is 6.54 Å². The van der Waals surface area contributed by atoms with Gasteiger partial charge in [0, 0.05) is 22.0 Å². The molecule has 5 aromatic rings. The third-order valence-corrected chi connectivity index (χ3v) is 7.81. The molecule has 2 amide bonds.